The Morgan fingerprint density at radius 3 is 2.48 bits per heavy atom. The Morgan fingerprint density at radius 2 is 1.80 bits per heavy atom. The predicted octanol–water partition coefficient (Wildman–Crippen LogP) is 3.85. The third-order valence-electron chi connectivity index (χ3n) is 3.19. The Labute approximate surface area is 153 Å². The Hall–Kier alpha value is -2.42. The Balaban J connectivity index is 1.88. The molecule has 0 radical (unpaired) electrons. The fourth-order valence-corrected chi connectivity index (χ4v) is 3.77. The molecule has 2 aromatic carbocycles. The lowest BCUT2D eigenvalue weighted by molar-refractivity contribution is 0.102. The molecular weight excluding hydrogens is 382 g/mol. The summed E-state index contributed by atoms with van der Waals surface area (Å²) in [5, 5.41) is 5.22. The molecule has 0 fully saturated rings. The summed E-state index contributed by atoms with van der Waals surface area (Å²) in [5.74, 6) is -0.454. The van der Waals surface area contributed by atoms with Crippen LogP contribution >= 0.6 is 22.9 Å². The summed E-state index contributed by atoms with van der Waals surface area (Å²) in [7, 11) is -3.85. The SMILES string of the molecule is O=C(Nc1nccs1)c1ccccc1NS(=O)(=O)c1ccc(Cl)cc1. The number of nitrogens with one attached hydrogen (secondary N) is 2. The number of halogens is 1. The number of hydrogen-bond donors (Lipinski definition) is 2. The molecular formula is C16H12ClN3O3S2. The zero-order chi connectivity index (χ0) is 17.9. The van der Waals surface area contributed by atoms with Crippen molar-refractivity contribution in [2.24, 2.45) is 0 Å². The van der Waals surface area contributed by atoms with Crippen LogP contribution in [0, 0.1) is 0 Å². The first kappa shape index (κ1) is 17.4. The van der Waals surface area contributed by atoms with Crippen LogP contribution < -0.4 is 10.0 Å². The molecule has 9 heteroatoms. The molecule has 0 bridgehead atoms. The van der Waals surface area contributed by atoms with Crippen molar-refractivity contribution in [1.82, 2.24) is 4.98 Å². The van der Waals surface area contributed by atoms with E-state index in [1.54, 1.807) is 23.7 Å². The summed E-state index contributed by atoms with van der Waals surface area (Å²) in [6.07, 6.45) is 1.56. The number of rotatable bonds is 5. The summed E-state index contributed by atoms with van der Waals surface area (Å²) >= 11 is 7.05. The molecule has 3 rings (SSSR count). The van der Waals surface area contributed by atoms with E-state index in [0.717, 1.165) is 0 Å². The summed E-state index contributed by atoms with van der Waals surface area (Å²) in [4.78, 5) is 16.4. The van der Waals surface area contributed by atoms with Gasteiger partial charge in [-0.3, -0.25) is 14.8 Å². The van der Waals surface area contributed by atoms with Gasteiger partial charge in [0.15, 0.2) is 5.13 Å². The van der Waals surface area contributed by atoms with Gasteiger partial charge in [-0.25, -0.2) is 13.4 Å². The van der Waals surface area contributed by atoms with Crippen molar-refractivity contribution < 1.29 is 13.2 Å². The van der Waals surface area contributed by atoms with Gasteiger partial charge in [-0.05, 0) is 36.4 Å². The number of benzene rings is 2. The van der Waals surface area contributed by atoms with Crippen molar-refractivity contribution in [3.8, 4) is 0 Å². The Morgan fingerprint density at radius 1 is 1.08 bits per heavy atom. The van der Waals surface area contributed by atoms with E-state index >= 15 is 0 Å². The van der Waals surface area contributed by atoms with Crippen LogP contribution in [-0.2, 0) is 10.0 Å². The minimum absolute atomic E-state index is 0.0482. The van der Waals surface area contributed by atoms with E-state index in [-0.39, 0.29) is 16.1 Å². The van der Waals surface area contributed by atoms with E-state index in [4.69, 9.17) is 11.6 Å². The van der Waals surface area contributed by atoms with Gasteiger partial charge < -0.3 is 0 Å². The lowest BCUT2D eigenvalue weighted by Crippen LogP contribution is -2.18. The number of anilines is 2. The van der Waals surface area contributed by atoms with Gasteiger partial charge in [0.2, 0.25) is 0 Å². The minimum atomic E-state index is -3.85. The topological polar surface area (TPSA) is 88.2 Å². The van der Waals surface area contributed by atoms with Crippen molar-refractivity contribution in [2.75, 3.05) is 10.0 Å². The fourth-order valence-electron chi connectivity index (χ4n) is 2.04. The second-order valence-electron chi connectivity index (χ2n) is 4.90. The molecule has 6 nitrogen and oxygen atoms in total. The third-order valence-corrected chi connectivity index (χ3v) is 5.51. The van der Waals surface area contributed by atoms with Gasteiger partial charge in [0.25, 0.3) is 15.9 Å². The van der Waals surface area contributed by atoms with Crippen molar-refractivity contribution in [3.63, 3.8) is 0 Å². The van der Waals surface area contributed by atoms with E-state index in [9.17, 15) is 13.2 Å². The third kappa shape index (κ3) is 4.16. The number of aromatic nitrogens is 1. The van der Waals surface area contributed by atoms with Gasteiger partial charge in [0.1, 0.15) is 0 Å². The molecule has 25 heavy (non-hydrogen) atoms. The summed E-state index contributed by atoms with van der Waals surface area (Å²) in [6, 6.07) is 12.1. The second kappa shape index (κ2) is 7.22. The molecule has 1 amide bonds. The molecule has 0 spiro atoms. The molecule has 3 aromatic rings. The highest BCUT2D eigenvalue weighted by Crippen LogP contribution is 2.22. The van der Waals surface area contributed by atoms with Gasteiger partial charge >= 0.3 is 0 Å². The first-order valence-corrected chi connectivity index (χ1v) is 9.78. The van der Waals surface area contributed by atoms with Crippen LogP contribution in [0.25, 0.3) is 0 Å². The lowest BCUT2D eigenvalue weighted by Gasteiger charge is -2.12. The van der Waals surface area contributed by atoms with Gasteiger partial charge in [-0.2, -0.15) is 0 Å². The van der Waals surface area contributed by atoms with Crippen molar-refractivity contribution in [3.05, 3.63) is 70.7 Å². The van der Waals surface area contributed by atoms with Crippen LogP contribution in [0.15, 0.2) is 65.0 Å². The van der Waals surface area contributed by atoms with Crippen molar-refractivity contribution in [1.29, 1.82) is 0 Å². The predicted molar refractivity (Wildman–Crippen MR) is 98.8 cm³/mol. The smallest absolute Gasteiger partial charge is 0.261 e. The zero-order valence-corrected chi connectivity index (χ0v) is 15.0. The fraction of sp³-hybridized carbons (Fsp3) is 0. The molecule has 0 aliphatic heterocycles. The molecule has 0 aliphatic rings. The molecule has 2 N–H and O–H groups in total. The van der Waals surface area contributed by atoms with E-state index in [2.05, 4.69) is 15.0 Å². The number of hydrogen-bond acceptors (Lipinski definition) is 5. The van der Waals surface area contributed by atoms with E-state index in [1.165, 1.54) is 47.7 Å². The van der Waals surface area contributed by atoms with Crippen molar-refractivity contribution >= 4 is 49.7 Å². The molecule has 0 unspecified atom stereocenters. The average Bonchev–Trinajstić information content (AvgIpc) is 3.08. The minimum Gasteiger partial charge on any atom is -0.298 e. The highest BCUT2D eigenvalue weighted by Gasteiger charge is 2.19. The molecule has 0 saturated carbocycles. The van der Waals surface area contributed by atoms with E-state index in [1.807, 2.05) is 0 Å². The maximum atomic E-state index is 12.5. The number of amides is 1. The van der Waals surface area contributed by atoms with Gasteiger partial charge in [0.05, 0.1) is 16.1 Å². The lowest BCUT2D eigenvalue weighted by atomic mass is 10.2. The highest BCUT2D eigenvalue weighted by atomic mass is 35.5. The summed E-state index contributed by atoms with van der Waals surface area (Å²) in [5.41, 5.74) is 0.363. The maximum absolute atomic E-state index is 12.5. The van der Waals surface area contributed by atoms with Crippen LogP contribution in [0.4, 0.5) is 10.8 Å². The number of carbonyl (C=O) groups is 1. The molecule has 1 aromatic heterocycles. The van der Waals surface area contributed by atoms with Gasteiger partial charge in [-0.1, -0.05) is 23.7 Å². The summed E-state index contributed by atoms with van der Waals surface area (Å²) in [6.45, 7) is 0. The molecule has 0 saturated heterocycles. The number of para-hydroxylation sites is 1. The van der Waals surface area contributed by atoms with E-state index < -0.39 is 15.9 Å². The molecule has 0 aliphatic carbocycles. The van der Waals surface area contributed by atoms with Crippen LogP contribution in [0.1, 0.15) is 10.4 Å². The molecule has 128 valence electrons. The van der Waals surface area contributed by atoms with Crippen LogP contribution in [0.3, 0.4) is 0 Å². The normalized spacial score (nSPS) is 11.1. The molecule has 1 heterocycles. The average molecular weight is 394 g/mol. The first-order valence-electron chi connectivity index (χ1n) is 7.04. The quantitative estimate of drug-likeness (QED) is 0.689. The number of sulfonamides is 1. The number of thiazole rings is 1. The monoisotopic (exact) mass is 393 g/mol. The molecule has 0 atom stereocenters. The van der Waals surface area contributed by atoms with Gasteiger partial charge in [0, 0.05) is 16.6 Å². The first-order chi connectivity index (χ1) is 12.0. The Kier molecular flexibility index (Phi) is 5.03. The summed E-state index contributed by atoms with van der Waals surface area (Å²) < 4.78 is 27.5. The van der Waals surface area contributed by atoms with Crippen LogP contribution in [0.5, 0.6) is 0 Å². The maximum Gasteiger partial charge on any atom is 0.261 e. The zero-order valence-electron chi connectivity index (χ0n) is 12.6. The standard InChI is InChI=1S/C16H12ClN3O3S2/c17-11-5-7-12(8-6-11)25(22,23)20-14-4-2-1-3-13(14)15(21)19-16-18-9-10-24-16/h1-10,20H,(H,18,19,21). The second-order valence-corrected chi connectivity index (χ2v) is 7.91. The largest absolute Gasteiger partial charge is 0.298 e. The van der Waals surface area contributed by atoms with E-state index in [0.29, 0.717) is 10.2 Å². The highest BCUT2D eigenvalue weighted by molar-refractivity contribution is 7.92. The number of nitrogens with zero attached hydrogens (tertiary/aromatic N) is 1. The Bertz CT molecular complexity index is 988. The van der Waals surface area contributed by atoms with Gasteiger partial charge in [-0.15, -0.1) is 11.3 Å². The van der Waals surface area contributed by atoms with Crippen molar-refractivity contribution in [2.45, 2.75) is 4.90 Å². The van der Waals surface area contributed by atoms with Crippen LogP contribution in [0.2, 0.25) is 5.02 Å². The number of carbonyl (C=O) groups excluding carboxylic acids is 1. The van der Waals surface area contributed by atoms with Crippen LogP contribution in [-0.4, -0.2) is 19.3 Å².